The summed E-state index contributed by atoms with van der Waals surface area (Å²) < 4.78 is 0. The molecule has 4 atom stereocenters. The van der Waals surface area contributed by atoms with Crippen molar-refractivity contribution in [3.63, 3.8) is 0 Å². The highest BCUT2D eigenvalue weighted by atomic mass is 16.4. The van der Waals surface area contributed by atoms with Crippen LogP contribution in [0.3, 0.4) is 0 Å². The third-order valence-corrected chi connectivity index (χ3v) is 2.85. The molecule has 1 aliphatic rings. The lowest BCUT2D eigenvalue weighted by Crippen LogP contribution is -2.75. The number of nitrogens with zero attached hydrogens (tertiary/aromatic N) is 1. The topological polar surface area (TPSA) is 110 Å². The van der Waals surface area contributed by atoms with Crippen molar-refractivity contribution in [3.05, 3.63) is 0 Å². The Morgan fingerprint density at radius 2 is 1.79 bits per heavy atom. The van der Waals surface area contributed by atoms with E-state index in [0.717, 1.165) is 0 Å². The van der Waals surface area contributed by atoms with E-state index in [-0.39, 0.29) is 5.91 Å². The van der Waals surface area contributed by atoms with Gasteiger partial charge in [0.25, 0.3) is 0 Å². The Labute approximate surface area is 81.8 Å². The summed E-state index contributed by atoms with van der Waals surface area (Å²) in [5.41, 5.74) is 11.2. The summed E-state index contributed by atoms with van der Waals surface area (Å²) in [5, 5.41) is 8.85. The highest BCUT2D eigenvalue weighted by Gasteiger charge is 2.53. The zero-order chi connectivity index (χ0) is 11.0. The summed E-state index contributed by atoms with van der Waals surface area (Å²) in [6.07, 6.45) is 0. The number of aliphatic carboxylic acids is 1. The fourth-order valence-electron chi connectivity index (χ4n) is 1.81. The molecule has 0 saturated heterocycles. The number of hydrogen-bond donors (Lipinski definition) is 3. The highest BCUT2D eigenvalue weighted by molar-refractivity contribution is 5.78. The van der Waals surface area contributed by atoms with Crippen LogP contribution in [-0.2, 0) is 9.59 Å². The first-order chi connectivity index (χ1) is 6.37. The number of rotatable bonds is 2. The second-order valence-electron chi connectivity index (χ2n) is 3.64. The van der Waals surface area contributed by atoms with Crippen LogP contribution >= 0.6 is 0 Å². The van der Waals surface area contributed by atoms with Crippen LogP contribution in [0.1, 0.15) is 6.92 Å². The van der Waals surface area contributed by atoms with Crippen LogP contribution < -0.4 is 11.5 Å². The highest BCUT2D eigenvalue weighted by Crippen LogP contribution is 2.29. The SMILES string of the molecule is CC(=O)N(C)C1C(N)C(N)C1C(=O)O. The predicted octanol–water partition coefficient (Wildman–Crippen LogP) is -1.80. The van der Waals surface area contributed by atoms with Crippen molar-refractivity contribution in [2.45, 2.75) is 25.0 Å². The van der Waals surface area contributed by atoms with Gasteiger partial charge < -0.3 is 21.5 Å². The molecule has 5 N–H and O–H groups in total. The maximum absolute atomic E-state index is 11.0. The van der Waals surface area contributed by atoms with Crippen molar-refractivity contribution in [1.29, 1.82) is 0 Å². The number of likely N-dealkylation sites (N-methyl/N-ethyl adjacent to an activating group) is 1. The fraction of sp³-hybridized carbons (Fsp3) is 0.750. The zero-order valence-electron chi connectivity index (χ0n) is 8.18. The van der Waals surface area contributed by atoms with Gasteiger partial charge in [0.1, 0.15) is 0 Å². The molecule has 1 amide bonds. The summed E-state index contributed by atoms with van der Waals surface area (Å²) in [6, 6.07) is -1.51. The molecule has 4 unspecified atom stereocenters. The molecule has 0 radical (unpaired) electrons. The van der Waals surface area contributed by atoms with E-state index in [4.69, 9.17) is 16.6 Å². The quantitative estimate of drug-likeness (QED) is 0.488. The predicted molar refractivity (Wildman–Crippen MR) is 49.3 cm³/mol. The number of nitrogens with two attached hydrogens (primary N) is 2. The van der Waals surface area contributed by atoms with Gasteiger partial charge in [0.2, 0.25) is 5.91 Å². The molecule has 14 heavy (non-hydrogen) atoms. The van der Waals surface area contributed by atoms with Crippen molar-refractivity contribution < 1.29 is 14.7 Å². The van der Waals surface area contributed by atoms with Crippen molar-refractivity contribution in [1.82, 2.24) is 4.90 Å². The van der Waals surface area contributed by atoms with Crippen LogP contribution in [0.4, 0.5) is 0 Å². The molecule has 0 heterocycles. The largest absolute Gasteiger partial charge is 0.481 e. The lowest BCUT2D eigenvalue weighted by molar-refractivity contribution is -0.154. The molecule has 0 aromatic rings. The first kappa shape index (κ1) is 10.9. The Balaban J connectivity index is 2.78. The molecule has 1 rings (SSSR count). The van der Waals surface area contributed by atoms with Crippen LogP contribution in [0.25, 0.3) is 0 Å². The van der Waals surface area contributed by atoms with Crippen molar-refractivity contribution in [3.8, 4) is 0 Å². The molecule has 0 aliphatic heterocycles. The summed E-state index contributed by atoms with van der Waals surface area (Å²) in [5.74, 6) is -1.96. The first-order valence-corrected chi connectivity index (χ1v) is 4.35. The number of carboxylic acid groups (broad SMARTS) is 1. The molecule has 6 nitrogen and oxygen atoms in total. The fourth-order valence-corrected chi connectivity index (χ4v) is 1.81. The van der Waals surface area contributed by atoms with Gasteiger partial charge >= 0.3 is 5.97 Å². The first-order valence-electron chi connectivity index (χ1n) is 4.35. The minimum Gasteiger partial charge on any atom is -0.481 e. The molecule has 80 valence electrons. The van der Waals surface area contributed by atoms with E-state index in [9.17, 15) is 9.59 Å². The van der Waals surface area contributed by atoms with Gasteiger partial charge in [-0.25, -0.2) is 0 Å². The Hall–Kier alpha value is -1.14. The number of carbonyl (C=O) groups excluding carboxylic acids is 1. The standard InChI is InChI=1S/C8H15N3O3/c1-3(12)11(2)7-4(8(13)14)5(9)6(7)10/h4-7H,9-10H2,1-2H3,(H,13,14). The van der Waals surface area contributed by atoms with Crippen molar-refractivity contribution in [2.75, 3.05) is 7.05 Å². The van der Waals surface area contributed by atoms with Crippen LogP contribution in [0.5, 0.6) is 0 Å². The maximum atomic E-state index is 11.0. The van der Waals surface area contributed by atoms with E-state index in [0.29, 0.717) is 0 Å². The van der Waals surface area contributed by atoms with Crippen LogP contribution in [0, 0.1) is 5.92 Å². The molecule has 6 heteroatoms. The van der Waals surface area contributed by atoms with Gasteiger partial charge in [-0.15, -0.1) is 0 Å². The lowest BCUT2D eigenvalue weighted by atomic mass is 9.70. The lowest BCUT2D eigenvalue weighted by Gasteiger charge is -2.49. The monoisotopic (exact) mass is 201 g/mol. The molecule has 1 aliphatic carbocycles. The number of amides is 1. The summed E-state index contributed by atoms with van der Waals surface area (Å²) >= 11 is 0. The van der Waals surface area contributed by atoms with Crippen LogP contribution in [0.15, 0.2) is 0 Å². The molecule has 0 aromatic carbocycles. The Kier molecular flexibility index (Phi) is 2.77. The summed E-state index contributed by atoms with van der Waals surface area (Å²) in [6.45, 7) is 1.37. The van der Waals surface area contributed by atoms with Crippen LogP contribution in [0.2, 0.25) is 0 Å². The van der Waals surface area contributed by atoms with E-state index in [1.807, 2.05) is 0 Å². The average molecular weight is 201 g/mol. The normalized spacial score (nSPS) is 36.0. The van der Waals surface area contributed by atoms with Gasteiger partial charge in [0.05, 0.1) is 12.0 Å². The van der Waals surface area contributed by atoms with E-state index in [1.165, 1.54) is 18.9 Å². The molecule has 1 saturated carbocycles. The van der Waals surface area contributed by atoms with E-state index < -0.39 is 30.0 Å². The molecule has 0 bridgehead atoms. The van der Waals surface area contributed by atoms with Gasteiger partial charge in [0, 0.05) is 26.1 Å². The number of hydrogen-bond acceptors (Lipinski definition) is 4. The van der Waals surface area contributed by atoms with Gasteiger partial charge in [-0.1, -0.05) is 0 Å². The van der Waals surface area contributed by atoms with E-state index >= 15 is 0 Å². The molecular weight excluding hydrogens is 186 g/mol. The zero-order valence-corrected chi connectivity index (χ0v) is 8.18. The summed E-state index contributed by atoms with van der Waals surface area (Å²) in [7, 11) is 1.54. The Morgan fingerprint density at radius 3 is 2.14 bits per heavy atom. The van der Waals surface area contributed by atoms with Crippen LogP contribution in [-0.4, -0.2) is 47.1 Å². The van der Waals surface area contributed by atoms with Gasteiger partial charge in [-0.2, -0.15) is 0 Å². The Morgan fingerprint density at radius 1 is 1.29 bits per heavy atom. The van der Waals surface area contributed by atoms with Crippen molar-refractivity contribution >= 4 is 11.9 Å². The third-order valence-electron chi connectivity index (χ3n) is 2.85. The van der Waals surface area contributed by atoms with E-state index in [2.05, 4.69) is 0 Å². The van der Waals surface area contributed by atoms with Gasteiger partial charge in [-0.05, 0) is 0 Å². The second-order valence-corrected chi connectivity index (χ2v) is 3.64. The second kappa shape index (κ2) is 3.55. The average Bonchev–Trinajstić information content (AvgIpc) is 2.10. The Bertz CT molecular complexity index is 269. The maximum Gasteiger partial charge on any atom is 0.310 e. The number of carbonyl (C=O) groups is 2. The number of carboxylic acids is 1. The van der Waals surface area contributed by atoms with Crippen molar-refractivity contribution in [2.24, 2.45) is 17.4 Å². The van der Waals surface area contributed by atoms with Gasteiger partial charge in [0.15, 0.2) is 0 Å². The third kappa shape index (κ3) is 1.46. The molecule has 1 fully saturated rings. The summed E-state index contributed by atoms with van der Waals surface area (Å²) in [4.78, 5) is 23.2. The van der Waals surface area contributed by atoms with E-state index in [1.54, 1.807) is 0 Å². The van der Waals surface area contributed by atoms with Gasteiger partial charge in [-0.3, -0.25) is 9.59 Å². The molecule has 0 spiro atoms. The smallest absolute Gasteiger partial charge is 0.310 e. The minimum absolute atomic E-state index is 0.205. The minimum atomic E-state index is -1.00. The molecule has 0 aromatic heterocycles. The molecular formula is C8H15N3O3.